The van der Waals surface area contributed by atoms with Crippen LogP contribution in [0.3, 0.4) is 0 Å². The van der Waals surface area contributed by atoms with Crippen LogP contribution in [0.25, 0.3) is 17.2 Å². The molecule has 1 fully saturated rings. The first kappa shape index (κ1) is 17.8. The molecule has 3 heterocycles. The van der Waals surface area contributed by atoms with Gasteiger partial charge in [0, 0.05) is 18.2 Å². The molecule has 2 N–H and O–H groups in total. The number of amides is 1. The summed E-state index contributed by atoms with van der Waals surface area (Å²) in [6.07, 6.45) is 6.12. The molecule has 3 aromatic rings. The number of anilines is 1. The van der Waals surface area contributed by atoms with Crippen molar-refractivity contribution in [1.29, 1.82) is 0 Å². The minimum atomic E-state index is -0.0544. The largest absolute Gasteiger partial charge is 0.446 e. The number of hydrogen-bond acceptors (Lipinski definition) is 5. The number of nitrogens with two attached hydrogens (primary N) is 1. The van der Waals surface area contributed by atoms with Crippen molar-refractivity contribution in [3.05, 3.63) is 47.2 Å². The van der Waals surface area contributed by atoms with E-state index in [9.17, 15) is 4.79 Å². The number of carbonyl (C=O) groups excluding carboxylic acids is 1. The Morgan fingerprint density at radius 3 is 2.85 bits per heavy atom. The summed E-state index contributed by atoms with van der Waals surface area (Å²) in [6.45, 7) is 4.32. The van der Waals surface area contributed by atoms with E-state index in [0.29, 0.717) is 39.8 Å². The Balaban J connectivity index is 1.71. The summed E-state index contributed by atoms with van der Waals surface area (Å²) in [5.41, 5.74) is 7.16. The van der Waals surface area contributed by atoms with E-state index >= 15 is 0 Å². The maximum Gasteiger partial charge on any atom is 0.254 e. The molecule has 0 spiro atoms. The second kappa shape index (κ2) is 7.19. The first-order chi connectivity index (χ1) is 13.1. The highest BCUT2D eigenvalue weighted by Gasteiger charge is 2.27. The third-order valence-electron chi connectivity index (χ3n) is 4.86. The van der Waals surface area contributed by atoms with Gasteiger partial charge in [0.05, 0.1) is 0 Å². The smallest absolute Gasteiger partial charge is 0.254 e. The standard InChI is InChI=1S/C19H20BrN5O2/c1-2-9-24(13-5-3-4-6-13)19(26)12-10-16(21)25-17(11-12)22-18(23-25)14-7-8-15(20)27-14/h2,7-8,10-11,13H,1,3-6,9,21H2. The molecule has 0 unspecified atom stereocenters. The van der Waals surface area contributed by atoms with Crippen molar-refractivity contribution in [3.63, 3.8) is 0 Å². The van der Waals surface area contributed by atoms with E-state index in [-0.39, 0.29) is 11.9 Å². The Morgan fingerprint density at radius 2 is 2.19 bits per heavy atom. The van der Waals surface area contributed by atoms with Crippen LogP contribution in [0, 0.1) is 0 Å². The van der Waals surface area contributed by atoms with Crippen molar-refractivity contribution in [2.75, 3.05) is 12.3 Å². The van der Waals surface area contributed by atoms with Crippen LogP contribution in [0.2, 0.25) is 0 Å². The summed E-state index contributed by atoms with van der Waals surface area (Å²) in [7, 11) is 0. The van der Waals surface area contributed by atoms with Crippen LogP contribution in [0.4, 0.5) is 5.82 Å². The topological polar surface area (TPSA) is 89.7 Å². The molecular formula is C19H20BrN5O2. The number of fused-ring (bicyclic) bond motifs is 1. The lowest BCUT2D eigenvalue weighted by Crippen LogP contribution is -2.39. The molecule has 0 radical (unpaired) electrons. The Morgan fingerprint density at radius 1 is 1.41 bits per heavy atom. The first-order valence-electron chi connectivity index (χ1n) is 8.90. The van der Waals surface area contributed by atoms with Gasteiger partial charge >= 0.3 is 0 Å². The number of nitrogen functional groups attached to an aromatic ring is 1. The Kier molecular flexibility index (Phi) is 4.73. The molecule has 3 aromatic heterocycles. The quantitative estimate of drug-likeness (QED) is 0.620. The van der Waals surface area contributed by atoms with Gasteiger partial charge in [-0.15, -0.1) is 11.7 Å². The predicted molar refractivity (Wildman–Crippen MR) is 106 cm³/mol. The van der Waals surface area contributed by atoms with E-state index in [1.807, 2.05) is 4.90 Å². The van der Waals surface area contributed by atoms with Gasteiger partial charge in [0.15, 0.2) is 16.1 Å². The molecule has 140 valence electrons. The highest BCUT2D eigenvalue weighted by Crippen LogP contribution is 2.27. The summed E-state index contributed by atoms with van der Waals surface area (Å²) in [4.78, 5) is 19.5. The highest BCUT2D eigenvalue weighted by atomic mass is 79.9. The Labute approximate surface area is 165 Å². The summed E-state index contributed by atoms with van der Waals surface area (Å²) in [5, 5.41) is 4.38. The molecule has 27 heavy (non-hydrogen) atoms. The monoisotopic (exact) mass is 429 g/mol. The molecular weight excluding hydrogens is 410 g/mol. The van der Waals surface area contributed by atoms with Gasteiger partial charge in [-0.05, 0) is 53.0 Å². The number of carbonyl (C=O) groups is 1. The lowest BCUT2D eigenvalue weighted by molar-refractivity contribution is 0.0706. The van der Waals surface area contributed by atoms with Crippen LogP contribution < -0.4 is 5.73 Å². The van der Waals surface area contributed by atoms with E-state index in [4.69, 9.17) is 10.2 Å². The molecule has 7 nitrogen and oxygen atoms in total. The third-order valence-corrected chi connectivity index (χ3v) is 5.28. The lowest BCUT2D eigenvalue weighted by Gasteiger charge is -2.28. The van der Waals surface area contributed by atoms with Gasteiger partial charge in [-0.3, -0.25) is 4.79 Å². The third kappa shape index (κ3) is 3.37. The van der Waals surface area contributed by atoms with Crippen molar-refractivity contribution in [1.82, 2.24) is 19.5 Å². The molecule has 0 aliphatic heterocycles. The van der Waals surface area contributed by atoms with E-state index in [2.05, 4.69) is 32.6 Å². The summed E-state index contributed by atoms with van der Waals surface area (Å²) in [6, 6.07) is 7.16. The van der Waals surface area contributed by atoms with Gasteiger partial charge in [0.2, 0.25) is 5.82 Å². The fraction of sp³-hybridized carbons (Fsp3) is 0.316. The molecule has 1 amide bonds. The zero-order valence-electron chi connectivity index (χ0n) is 14.8. The molecule has 0 bridgehead atoms. The highest BCUT2D eigenvalue weighted by molar-refractivity contribution is 9.10. The van der Waals surface area contributed by atoms with Gasteiger partial charge in [0.25, 0.3) is 5.91 Å². The first-order valence-corrected chi connectivity index (χ1v) is 9.70. The average Bonchev–Trinajstić information content (AvgIpc) is 3.39. The predicted octanol–water partition coefficient (Wildman–Crippen LogP) is 3.90. The number of aromatic nitrogens is 3. The SMILES string of the molecule is C=CCN(C(=O)c1cc(N)n2nc(-c3ccc(Br)o3)nc2c1)C1CCCC1. The summed E-state index contributed by atoms with van der Waals surface area (Å²) >= 11 is 3.27. The molecule has 1 saturated carbocycles. The summed E-state index contributed by atoms with van der Waals surface area (Å²) < 4.78 is 7.61. The normalized spacial score (nSPS) is 14.7. The van der Waals surface area contributed by atoms with E-state index in [1.54, 1.807) is 30.3 Å². The van der Waals surface area contributed by atoms with Crippen molar-refractivity contribution in [2.24, 2.45) is 0 Å². The van der Waals surface area contributed by atoms with Crippen LogP contribution >= 0.6 is 15.9 Å². The number of hydrogen-bond donors (Lipinski definition) is 1. The van der Waals surface area contributed by atoms with E-state index in [0.717, 1.165) is 25.7 Å². The second-order valence-corrected chi connectivity index (χ2v) is 7.44. The number of furan rings is 1. The van der Waals surface area contributed by atoms with Crippen LogP contribution in [-0.4, -0.2) is 38.0 Å². The second-order valence-electron chi connectivity index (χ2n) is 6.66. The molecule has 0 saturated heterocycles. The molecule has 0 atom stereocenters. The van der Waals surface area contributed by atoms with Crippen LogP contribution in [0.5, 0.6) is 0 Å². The number of halogens is 1. The average molecular weight is 430 g/mol. The minimum absolute atomic E-state index is 0.0544. The number of rotatable bonds is 5. The molecule has 8 heteroatoms. The molecule has 0 aromatic carbocycles. The van der Waals surface area contributed by atoms with E-state index in [1.165, 1.54) is 4.52 Å². The van der Waals surface area contributed by atoms with Crippen LogP contribution in [-0.2, 0) is 0 Å². The van der Waals surface area contributed by atoms with E-state index < -0.39 is 0 Å². The maximum atomic E-state index is 13.1. The fourth-order valence-corrected chi connectivity index (χ4v) is 3.90. The van der Waals surface area contributed by atoms with Crippen molar-refractivity contribution in [2.45, 2.75) is 31.7 Å². The Bertz CT molecular complexity index is 1000. The van der Waals surface area contributed by atoms with Gasteiger partial charge in [-0.1, -0.05) is 18.9 Å². The van der Waals surface area contributed by atoms with Crippen molar-refractivity contribution < 1.29 is 9.21 Å². The number of nitrogens with zero attached hydrogens (tertiary/aromatic N) is 4. The van der Waals surface area contributed by atoms with Crippen LogP contribution in [0.15, 0.2) is 46.0 Å². The summed E-state index contributed by atoms with van der Waals surface area (Å²) in [5.74, 6) is 1.24. The van der Waals surface area contributed by atoms with Gasteiger partial charge in [-0.25, -0.2) is 4.98 Å². The molecule has 4 rings (SSSR count). The maximum absolute atomic E-state index is 13.1. The lowest BCUT2D eigenvalue weighted by atomic mass is 10.1. The van der Waals surface area contributed by atoms with Crippen molar-refractivity contribution in [3.8, 4) is 11.6 Å². The zero-order chi connectivity index (χ0) is 19.0. The Hall–Kier alpha value is -2.61. The van der Waals surface area contributed by atoms with Crippen molar-refractivity contribution >= 4 is 33.3 Å². The minimum Gasteiger partial charge on any atom is -0.446 e. The van der Waals surface area contributed by atoms with Crippen LogP contribution in [0.1, 0.15) is 36.0 Å². The number of pyridine rings is 1. The molecule has 1 aliphatic rings. The zero-order valence-corrected chi connectivity index (χ0v) is 16.4. The fourth-order valence-electron chi connectivity index (χ4n) is 3.59. The molecule has 1 aliphatic carbocycles. The van der Waals surface area contributed by atoms with Gasteiger partial charge < -0.3 is 15.1 Å². The van der Waals surface area contributed by atoms with Gasteiger partial charge in [-0.2, -0.15) is 4.52 Å². The van der Waals surface area contributed by atoms with Gasteiger partial charge in [0.1, 0.15) is 5.82 Å².